The molecule has 0 spiro atoms. The van der Waals surface area contributed by atoms with Gasteiger partial charge in [0.15, 0.2) is 11.5 Å². The van der Waals surface area contributed by atoms with Crippen molar-refractivity contribution in [2.45, 2.75) is 6.92 Å². The fourth-order valence-electron chi connectivity index (χ4n) is 2.85. The van der Waals surface area contributed by atoms with Crippen LogP contribution in [0.2, 0.25) is 0 Å². The van der Waals surface area contributed by atoms with Crippen molar-refractivity contribution in [2.24, 2.45) is 0 Å². The van der Waals surface area contributed by atoms with Gasteiger partial charge in [0.05, 0.1) is 19.9 Å². The van der Waals surface area contributed by atoms with Gasteiger partial charge >= 0.3 is 0 Å². The van der Waals surface area contributed by atoms with E-state index in [1.54, 1.807) is 43.9 Å². The number of amides is 1. The average Bonchev–Trinajstić information content (AvgIpc) is 2.69. The molecule has 7 nitrogen and oxygen atoms in total. The van der Waals surface area contributed by atoms with Gasteiger partial charge in [0.25, 0.3) is 5.91 Å². The van der Waals surface area contributed by atoms with Crippen molar-refractivity contribution in [3.63, 3.8) is 0 Å². The number of carbonyl (C=O) groups is 1. The molecule has 0 unspecified atom stereocenters. The number of benzene rings is 1. The van der Waals surface area contributed by atoms with Crippen LogP contribution in [0.4, 0.5) is 5.82 Å². The fourth-order valence-corrected chi connectivity index (χ4v) is 2.85. The SMILES string of the molecule is CCOc1ccc(C(=O)N2CCN(c3cnccn3)CC2)cc1OC. The van der Waals surface area contributed by atoms with Gasteiger partial charge < -0.3 is 19.3 Å². The van der Waals surface area contributed by atoms with Crippen LogP contribution in [0.25, 0.3) is 0 Å². The number of nitrogens with zero attached hydrogens (tertiary/aromatic N) is 4. The first-order valence-corrected chi connectivity index (χ1v) is 8.34. The fraction of sp³-hybridized carbons (Fsp3) is 0.389. The van der Waals surface area contributed by atoms with Crippen molar-refractivity contribution in [3.05, 3.63) is 42.4 Å². The highest BCUT2D eigenvalue weighted by Gasteiger charge is 2.23. The minimum atomic E-state index is 0.000134. The highest BCUT2D eigenvalue weighted by molar-refractivity contribution is 5.95. The van der Waals surface area contributed by atoms with E-state index in [0.29, 0.717) is 36.8 Å². The Morgan fingerprint density at radius 3 is 2.60 bits per heavy atom. The van der Waals surface area contributed by atoms with Gasteiger partial charge in [-0.1, -0.05) is 0 Å². The Morgan fingerprint density at radius 2 is 1.96 bits per heavy atom. The summed E-state index contributed by atoms with van der Waals surface area (Å²) >= 11 is 0. The molecule has 0 radical (unpaired) electrons. The van der Waals surface area contributed by atoms with Crippen LogP contribution < -0.4 is 14.4 Å². The Hall–Kier alpha value is -2.83. The number of piperazine rings is 1. The maximum atomic E-state index is 12.8. The summed E-state index contributed by atoms with van der Waals surface area (Å²) in [6, 6.07) is 5.30. The van der Waals surface area contributed by atoms with Crippen LogP contribution in [0.1, 0.15) is 17.3 Å². The number of rotatable bonds is 5. The van der Waals surface area contributed by atoms with Crippen LogP contribution in [-0.2, 0) is 0 Å². The summed E-state index contributed by atoms with van der Waals surface area (Å²) in [6.07, 6.45) is 5.08. The predicted molar refractivity (Wildman–Crippen MR) is 94.3 cm³/mol. The monoisotopic (exact) mass is 342 g/mol. The first-order chi connectivity index (χ1) is 12.2. The molecule has 0 bridgehead atoms. The molecule has 0 atom stereocenters. The third-order valence-electron chi connectivity index (χ3n) is 4.15. The molecule has 2 aromatic rings. The van der Waals surface area contributed by atoms with E-state index >= 15 is 0 Å². The van der Waals surface area contributed by atoms with Gasteiger partial charge in [-0.25, -0.2) is 4.98 Å². The standard InChI is InChI=1S/C18H22N4O3/c1-3-25-15-5-4-14(12-16(15)24-2)18(23)22-10-8-21(9-11-22)17-13-19-6-7-20-17/h4-7,12-13H,3,8-11H2,1-2H3. The molecule has 3 rings (SSSR count). The van der Waals surface area contributed by atoms with Crippen molar-refractivity contribution in [1.82, 2.24) is 14.9 Å². The minimum Gasteiger partial charge on any atom is -0.493 e. The lowest BCUT2D eigenvalue weighted by Gasteiger charge is -2.35. The lowest BCUT2D eigenvalue weighted by atomic mass is 10.1. The Bertz CT molecular complexity index is 716. The lowest BCUT2D eigenvalue weighted by Crippen LogP contribution is -2.49. The molecule has 25 heavy (non-hydrogen) atoms. The van der Waals surface area contributed by atoms with E-state index in [-0.39, 0.29) is 5.91 Å². The first kappa shape index (κ1) is 17.0. The molecular formula is C18H22N4O3. The van der Waals surface area contributed by atoms with E-state index in [1.807, 2.05) is 11.8 Å². The smallest absolute Gasteiger partial charge is 0.254 e. The average molecular weight is 342 g/mol. The van der Waals surface area contributed by atoms with Gasteiger partial charge in [0.2, 0.25) is 0 Å². The summed E-state index contributed by atoms with van der Waals surface area (Å²) in [6.45, 7) is 5.22. The maximum absolute atomic E-state index is 12.8. The summed E-state index contributed by atoms with van der Waals surface area (Å²) in [4.78, 5) is 25.2. The van der Waals surface area contributed by atoms with E-state index in [2.05, 4.69) is 14.9 Å². The number of anilines is 1. The molecule has 1 saturated heterocycles. The first-order valence-electron chi connectivity index (χ1n) is 8.34. The highest BCUT2D eigenvalue weighted by atomic mass is 16.5. The lowest BCUT2D eigenvalue weighted by molar-refractivity contribution is 0.0746. The second-order valence-electron chi connectivity index (χ2n) is 5.64. The van der Waals surface area contributed by atoms with Crippen LogP contribution >= 0.6 is 0 Å². The zero-order valence-electron chi connectivity index (χ0n) is 14.5. The van der Waals surface area contributed by atoms with Crippen molar-refractivity contribution < 1.29 is 14.3 Å². The van der Waals surface area contributed by atoms with Crippen molar-refractivity contribution >= 4 is 11.7 Å². The van der Waals surface area contributed by atoms with Crippen molar-refractivity contribution in [2.75, 3.05) is 44.8 Å². The summed E-state index contributed by atoms with van der Waals surface area (Å²) in [5, 5.41) is 0. The van der Waals surface area contributed by atoms with Gasteiger partial charge in [-0.05, 0) is 25.1 Å². The molecule has 1 fully saturated rings. The second-order valence-corrected chi connectivity index (χ2v) is 5.64. The normalized spacial score (nSPS) is 14.3. The van der Waals surface area contributed by atoms with Crippen LogP contribution in [0.5, 0.6) is 11.5 Å². The number of hydrogen-bond acceptors (Lipinski definition) is 6. The summed E-state index contributed by atoms with van der Waals surface area (Å²) in [5.41, 5.74) is 0.605. The van der Waals surface area contributed by atoms with E-state index in [1.165, 1.54) is 0 Å². The molecule has 2 heterocycles. The largest absolute Gasteiger partial charge is 0.493 e. The van der Waals surface area contributed by atoms with E-state index in [9.17, 15) is 4.79 Å². The number of hydrogen-bond donors (Lipinski definition) is 0. The third kappa shape index (κ3) is 3.81. The molecule has 1 aliphatic heterocycles. The summed E-state index contributed by atoms with van der Waals surface area (Å²) in [7, 11) is 1.58. The predicted octanol–water partition coefficient (Wildman–Crippen LogP) is 1.85. The molecule has 0 saturated carbocycles. The summed E-state index contributed by atoms with van der Waals surface area (Å²) < 4.78 is 10.8. The van der Waals surface area contributed by atoms with E-state index in [4.69, 9.17) is 9.47 Å². The Balaban J connectivity index is 1.66. The molecular weight excluding hydrogens is 320 g/mol. The van der Waals surface area contributed by atoms with Crippen molar-refractivity contribution in [1.29, 1.82) is 0 Å². The van der Waals surface area contributed by atoms with Crippen LogP contribution in [0, 0.1) is 0 Å². The number of ether oxygens (including phenoxy) is 2. The van der Waals surface area contributed by atoms with Crippen LogP contribution in [-0.4, -0.2) is 60.7 Å². The number of aromatic nitrogens is 2. The topological polar surface area (TPSA) is 67.8 Å². The molecule has 1 aromatic heterocycles. The molecule has 0 aliphatic carbocycles. The molecule has 1 aromatic carbocycles. The van der Waals surface area contributed by atoms with Gasteiger partial charge in [0.1, 0.15) is 5.82 Å². The molecule has 132 valence electrons. The van der Waals surface area contributed by atoms with Gasteiger partial charge in [-0.2, -0.15) is 0 Å². The molecule has 0 N–H and O–H groups in total. The van der Waals surface area contributed by atoms with Gasteiger partial charge in [-0.15, -0.1) is 0 Å². The number of carbonyl (C=O) groups excluding carboxylic acids is 1. The molecule has 7 heteroatoms. The van der Waals surface area contributed by atoms with E-state index in [0.717, 1.165) is 18.9 Å². The molecule has 1 amide bonds. The van der Waals surface area contributed by atoms with Crippen LogP contribution in [0.15, 0.2) is 36.8 Å². The quantitative estimate of drug-likeness (QED) is 0.826. The summed E-state index contributed by atoms with van der Waals surface area (Å²) in [5.74, 6) is 2.07. The minimum absolute atomic E-state index is 0.000134. The van der Waals surface area contributed by atoms with E-state index < -0.39 is 0 Å². The maximum Gasteiger partial charge on any atom is 0.254 e. The van der Waals surface area contributed by atoms with Gasteiger partial charge in [-0.3, -0.25) is 9.78 Å². The zero-order chi connectivity index (χ0) is 17.6. The Morgan fingerprint density at radius 1 is 1.16 bits per heavy atom. The molecule has 1 aliphatic rings. The number of methoxy groups -OCH3 is 1. The Kier molecular flexibility index (Phi) is 5.33. The Labute approximate surface area is 147 Å². The highest BCUT2D eigenvalue weighted by Crippen LogP contribution is 2.28. The van der Waals surface area contributed by atoms with Crippen LogP contribution in [0.3, 0.4) is 0 Å². The zero-order valence-corrected chi connectivity index (χ0v) is 14.5. The van der Waals surface area contributed by atoms with Crippen molar-refractivity contribution in [3.8, 4) is 11.5 Å². The van der Waals surface area contributed by atoms with Gasteiger partial charge in [0, 0.05) is 44.1 Å². The second kappa shape index (κ2) is 7.83. The third-order valence-corrected chi connectivity index (χ3v) is 4.15.